The van der Waals surface area contributed by atoms with Gasteiger partial charge in [-0.05, 0) is 32.0 Å². The zero-order chi connectivity index (χ0) is 21.8. The van der Waals surface area contributed by atoms with Crippen LogP contribution in [-0.4, -0.2) is 73.2 Å². The van der Waals surface area contributed by atoms with Crippen molar-refractivity contribution in [3.8, 4) is 6.07 Å². The molecule has 2 N–H and O–H groups in total. The van der Waals surface area contributed by atoms with Crippen molar-refractivity contribution in [2.75, 3.05) is 38.3 Å². The van der Waals surface area contributed by atoms with Gasteiger partial charge in [-0.1, -0.05) is 6.07 Å². The first kappa shape index (κ1) is 20.1. The first-order valence-corrected chi connectivity index (χ1v) is 11.6. The Kier molecular flexibility index (Phi) is 4.62. The van der Waals surface area contributed by atoms with Crippen LogP contribution in [0.4, 0.5) is 10.2 Å². The molecule has 1 saturated carbocycles. The monoisotopic (exact) mass is 443 g/mol. The molecular weight excluding hydrogens is 421 g/mol. The second-order valence-electron chi connectivity index (χ2n) is 8.29. The van der Waals surface area contributed by atoms with Gasteiger partial charge < -0.3 is 9.88 Å². The van der Waals surface area contributed by atoms with E-state index in [1.807, 2.05) is 18.0 Å². The molecular formula is C20H22FN7O2S. The Balaban J connectivity index is 1.56. The van der Waals surface area contributed by atoms with Gasteiger partial charge in [-0.25, -0.2) is 22.8 Å². The van der Waals surface area contributed by atoms with Crippen molar-refractivity contribution in [3.05, 3.63) is 24.5 Å². The van der Waals surface area contributed by atoms with Crippen LogP contribution in [0.1, 0.15) is 12.8 Å². The maximum Gasteiger partial charge on any atom is 0.242 e. The van der Waals surface area contributed by atoms with Crippen molar-refractivity contribution in [3.63, 3.8) is 0 Å². The molecule has 162 valence electrons. The first-order chi connectivity index (χ1) is 14.9. The number of hydrogen-bond donors (Lipinski definition) is 2. The van der Waals surface area contributed by atoms with E-state index in [0.717, 1.165) is 17.3 Å². The molecule has 3 aromatic rings. The molecule has 1 aromatic carbocycles. The molecule has 2 fully saturated rings. The minimum Gasteiger partial charge on any atom is -0.353 e. The second kappa shape index (κ2) is 7.12. The van der Waals surface area contributed by atoms with E-state index in [4.69, 9.17) is 0 Å². The fourth-order valence-electron chi connectivity index (χ4n) is 4.08. The minimum atomic E-state index is -3.83. The van der Waals surface area contributed by atoms with E-state index in [9.17, 15) is 18.1 Å². The number of aromatic amines is 1. The van der Waals surface area contributed by atoms with E-state index in [2.05, 4.69) is 24.6 Å². The second-order valence-corrected chi connectivity index (χ2v) is 9.97. The Labute approximate surface area is 178 Å². The lowest BCUT2D eigenvalue weighted by atomic mass is 10.1. The fourth-order valence-corrected chi connectivity index (χ4v) is 5.48. The summed E-state index contributed by atoms with van der Waals surface area (Å²) in [6.07, 6.45) is 2.49. The number of hydrogen-bond acceptors (Lipinski definition) is 7. The van der Waals surface area contributed by atoms with Gasteiger partial charge in [-0.3, -0.25) is 4.90 Å². The molecule has 31 heavy (non-hydrogen) atoms. The molecule has 3 heterocycles. The van der Waals surface area contributed by atoms with Crippen LogP contribution >= 0.6 is 0 Å². The lowest BCUT2D eigenvalue weighted by Gasteiger charge is -2.38. The number of anilines is 1. The molecule has 0 radical (unpaired) electrons. The zero-order valence-electron chi connectivity index (χ0n) is 17.0. The van der Waals surface area contributed by atoms with E-state index >= 15 is 0 Å². The first-order valence-electron chi connectivity index (χ1n) is 10.1. The number of sulfonamides is 1. The van der Waals surface area contributed by atoms with Crippen molar-refractivity contribution in [1.29, 1.82) is 5.26 Å². The third kappa shape index (κ3) is 3.40. The average molecular weight is 444 g/mol. The average Bonchev–Trinajstić information content (AvgIpc) is 3.42. The molecule has 5 rings (SSSR count). The molecule has 1 atom stereocenters. The van der Waals surface area contributed by atoms with Crippen LogP contribution in [0.25, 0.3) is 21.9 Å². The number of likely N-dealkylation sites (N-methyl/N-ethyl adjacent to an activating group) is 1. The fraction of sp³-hybridized carbons (Fsp3) is 0.450. The maximum absolute atomic E-state index is 13.4. The Hall–Kier alpha value is -2.81. The van der Waals surface area contributed by atoms with E-state index in [1.54, 1.807) is 12.1 Å². The summed E-state index contributed by atoms with van der Waals surface area (Å²) >= 11 is 0. The maximum atomic E-state index is 13.4. The Morgan fingerprint density at radius 1 is 1.35 bits per heavy atom. The van der Waals surface area contributed by atoms with Crippen molar-refractivity contribution in [2.45, 2.75) is 29.3 Å². The molecule has 1 aliphatic carbocycles. The standard InChI is InChI=1S/C20H22FN7O2S/c1-27-6-7-28(10-13(27)9-21)19-17-15-3-2-14(8-16(15)25-18(17)23-12-24-19)31(29,30)26-20(11-22)4-5-20/h2-3,8,12-13,26H,4-7,9-10H2,1H3,(H,23,24,25)/t13-/m0/s1. The molecule has 0 spiro atoms. The molecule has 1 saturated heterocycles. The summed E-state index contributed by atoms with van der Waals surface area (Å²) < 4.78 is 41.5. The van der Waals surface area contributed by atoms with Crippen LogP contribution in [0.15, 0.2) is 29.4 Å². The van der Waals surface area contributed by atoms with Crippen molar-refractivity contribution < 1.29 is 12.8 Å². The summed E-state index contributed by atoms with van der Waals surface area (Å²) in [6.45, 7) is 1.50. The van der Waals surface area contributed by atoms with Gasteiger partial charge in [-0.2, -0.15) is 9.98 Å². The molecule has 1 aliphatic heterocycles. The number of H-pyrrole nitrogens is 1. The number of rotatable bonds is 5. The van der Waals surface area contributed by atoms with Crippen molar-refractivity contribution >= 4 is 37.8 Å². The van der Waals surface area contributed by atoms with Crippen molar-refractivity contribution in [2.24, 2.45) is 0 Å². The Morgan fingerprint density at radius 2 is 2.16 bits per heavy atom. The van der Waals surface area contributed by atoms with Gasteiger partial charge in [-0.15, -0.1) is 0 Å². The number of piperazine rings is 1. The molecule has 0 amide bonds. The van der Waals surface area contributed by atoms with Gasteiger partial charge in [0.1, 0.15) is 30.0 Å². The normalized spacial score (nSPS) is 21.5. The third-order valence-corrected chi connectivity index (χ3v) is 7.73. The highest BCUT2D eigenvalue weighted by Crippen LogP contribution is 2.37. The summed E-state index contributed by atoms with van der Waals surface area (Å²) in [7, 11) is -1.92. The number of halogens is 1. The highest BCUT2D eigenvalue weighted by Gasteiger charge is 2.46. The van der Waals surface area contributed by atoms with Crippen molar-refractivity contribution in [1.82, 2.24) is 24.6 Å². The van der Waals surface area contributed by atoms with Crippen LogP contribution in [0.2, 0.25) is 0 Å². The quantitative estimate of drug-likeness (QED) is 0.614. The van der Waals surface area contributed by atoms with E-state index in [0.29, 0.717) is 42.9 Å². The molecule has 0 bridgehead atoms. The summed E-state index contributed by atoms with van der Waals surface area (Å²) in [6, 6.07) is 6.63. The van der Waals surface area contributed by atoms with Gasteiger partial charge in [0.15, 0.2) is 0 Å². The molecule has 0 unspecified atom stereocenters. The molecule has 2 aliphatic rings. The number of fused-ring (bicyclic) bond motifs is 3. The van der Waals surface area contributed by atoms with E-state index < -0.39 is 22.2 Å². The Morgan fingerprint density at radius 3 is 2.87 bits per heavy atom. The highest BCUT2D eigenvalue weighted by molar-refractivity contribution is 7.89. The summed E-state index contributed by atoms with van der Waals surface area (Å²) in [4.78, 5) is 16.1. The number of aromatic nitrogens is 3. The molecule has 11 heteroatoms. The molecule has 9 nitrogen and oxygen atoms in total. The van der Waals surface area contributed by atoms with E-state index in [-0.39, 0.29) is 10.9 Å². The SMILES string of the molecule is CN1CCN(c2ncnc3[nH]c4cc(S(=O)(=O)NC5(C#N)CC5)ccc4c23)C[C@@H]1CF. The number of nitrogens with one attached hydrogen (secondary N) is 2. The van der Waals surface area contributed by atoms with Gasteiger partial charge in [0.2, 0.25) is 10.0 Å². The smallest absolute Gasteiger partial charge is 0.242 e. The van der Waals surface area contributed by atoms with Crippen LogP contribution in [0.3, 0.4) is 0 Å². The number of nitrogens with zero attached hydrogens (tertiary/aromatic N) is 5. The third-order valence-electron chi connectivity index (χ3n) is 6.20. The predicted molar refractivity (Wildman–Crippen MR) is 114 cm³/mol. The Bertz CT molecular complexity index is 1310. The van der Waals surface area contributed by atoms with Gasteiger partial charge >= 0.3 is 0 Å². The largest absolute Gasteiger partial charge is 0.353 e. The van der Waals surface area contributed by atoms with Crippen LogP contribution < -0.4 is 9.62 Å². The van der Waals surface area contributed by atoms with Gasteiger partial charge in [0, 0.05) is 30.5 Å². The summed E-state index contributed by atoms with van der Waals surface area (Å²) in [5.41, 5.74) is 0.216. The zero-order valence-corrected chi connectivity index (χ0v) is 17.8. The number of benzene rings is 1. The minimum absolute atomic E-state index is 0.0830. The predicted octanol–water partition coefficient (Wildman–Crippen LogP) is 1.54. The van der Waals surface area contributed by atoms with E-state index in [1.165, 1.54) is 12.4 Å². The van der Waals surface area contributed by atoms with Crippen LogP contribution in [0.5, 0.6) is 0 Å². The number of nitriles is 1. The van der Waals surface area contributed by atoms with Crippen LogP contribution in [-0.2, 0) is 10.0 Å². The lowest BCUT2D eigenvalue weighted by Crippen LogP contribution is -2.52. The van der Waals surface area contributed by atoms with Crippen LogP contribution in [0, 0.1) is 11.3 Å². The number of alkyl halides is 1. The van der Waals surface area contributed by atoms with Gasteiger partial charge in [0.05, 0.1) is 22.4 Å². The highest BCUT2D eigenvalue weighted by atomic mass is 32.2. The molecule has 2 aromatic heterocycles. The van der Waals surface area contributed by atoms with Gasteiger partial charge in [0.25, 0.3) is 0 Å². The summed E-state index contributed by atoms with van der Waals surface area (Å²) in [5, 5.41) is 10.8. The summed E-state index contributed by atoms with van der Waals surface area (Å²) in [5.74, 6) is 0.706. The lowest BCUT2D eigenvalue weighted by molar-refractivity contribution is 0.183. The topological polar surface area (TPSA) is 118 Å².